The summed E-state index contributed by atoms with van der Waals surface area (Å²) < 4.78 is 27.9. The molecule has 0 aliphatic carbocycles. The lowest BCUT2D eigenvalue weighted by atomic mass is 9.99. The van der Waals surface area contributed by atoms with E-state index in [1.165, 1.54) is 15.6 Å². The Kier molecular flexibility index (Phi) is 5.39. The molecule has 1 aromatic carbocycles. The third-order valence-corrected chi connectivity index (χ3v) is 7.72. The maximum Gasteiger partial charge on any atom is 0.252 e. The number of hydrogen-bond acceptors (Lipinski definition) is 4. The predicted octanol–water partition coefficient (Wildman–Crippen LogP) is 3.55. The van der Waals surface area contributed by atoms with Gasteiger partial charge in [-0.3, -0.25) is 4.79 Å². The number of hydrogen-bond donors (Lipinski definition) is 1. The van der Waals surface area contributed by atoms with E-state index in [2.05, 4.69) is 21.2 Å². The van der Waals surface area contributed by atoms with Crippen LogP contribution in [0.2, 0.25) is 0 Å². The molecule has 1 aliphatic heterocycles. The van der Waals surface area contributed by atoms with Crippen LogP contribution in [0.1, 0.15) is 12.8 Å². The number of carbonyl (C=O) groups excluding carboxylic acids is 1. The highest BCUT2D eigenvalue weighted by Crippen LogP contribution is 2.27. The van der Waals surface area contributed by atoms with Gasteiger partial charge in [0.25, 0.3) is 10.0 Å². The quantitative estimate of drug-likeness (QED) is 0.809. The second kappa shape index (κ2) is 7.35. The smallest absolute Gasteiger partial charge is 0.252 e. The van der Waals surface area contributed by atoms with Gasteiger partial charge < -0.3 is 5.32 Å². The van der Waals surface area contributed by atoms with E-state index < -0.39 is 10.0 Å². The molecule has 0 bridgehead atoms. The Labute approximate surface area is 153 Å². The molecular formula is C16H17BrN2O3S2. The Bertz CT molecular complexity index is 804. The first-order valence-corrected chi connectivity index (χ1v) is 10.7. The summed E-state index contributed by atoms with van der Waals surface area (Å²) in [6.45, 7) is 0.685. The van der Waals surface area contributed by atoms with Crippen molar-refractivity contribution in [3.63, 3.8) is 0 Å². The number of nitrogens with zero attached hydrogens (tertiary/aromatic N) is 1. The lowest BCUT2D eigenvalue weighted by Crippen LogP contribution is -2.43. The second-order valence-electron chi connectivity index (χ2n) is 5.63. The molecule has 0 radical (unpaired) electrons. The molecule has 1 fully saturated rings. The fourth-order valence-electron chi connectivity index (χ4n) is 2.69. The molecule has 1 aliphatic rings. The first-order chi connectivity index (χ1) is 11.5. The molecule has 1 saturated heterocycles. The minimum absolute atomic E-state index is 0.136. The molecule has 0 spiro atoms. The predicted molar refractivity (Wildman–Crippen MR) is 98.6 cm³/mol. The summed E-state index contributed by atoms with van der Waals surface area (Å²) in [5.41, 5.74) is 0.710. The number of amides is 1. The van der Waals surface area contributed by atoms with E-state index in [0.717, 1.165) is 4.47 Å². The van der Waals surface area contributed by atoms with Crippen molar-refractivity contribution < 1.29 is 13.2 Å². The summed E-state index contributed by atoms with van der Waals surface area (Å²) in [7, 11) is -3.50. The van der Waals surface area contributed by atoms with Gasteiger partial charge in [0.15, 0.2) is 0 Å². The molecule has 24 heavy (non-hydrogen) atoms. The number of piperidine rings is 1. The summed E-state index contributed by atoms with van der Waals surface area (Å²) in [6, 6.07) is 10.6. The molecule has 128 valence electrons. The first kappa shape index (κ1) is 17.6. The molecular weight excluding hydrogens is 412 g/mol. The highest BCUT2D eigenvalue weighted by molar-refractivity contribution is 9.10. The number of rotatable bonds is 4. The van der Waals surface area contributed by atoms with Crippen LogP contribution >= 0.6 is 27.3 Å². The van der Waals surface area contributed by atoms with Crippen LogP contribution < -0.4 is 5.32 Å². The van der Waals surface area contributed by atoms with Crippen molar-refractivity contribution in [2.24, 2.45) is 5.92 Å². The fraction of sp³-hybridized carbons (Fsp3) is 0.312. The number of anilines is 1. The van der Waals surface area contributed by atoms with Crippen LogP contribution in [0.15, 0.2) is 50.5 Å². The molecule has 1 N–H and O–H groups in total. The van der Waals surface area contributed by atoms with E-state index in [1.54, 1.807) is 17.5 Å². The van der Waals surface area contributed by atoms with E-state index in [9.17, 15) is 13.2 Å². The van der Waals surface area contributed by atoms with Gasteiger partial charge in [-0.25, -0.2) is 8.42 Å². The normalized spacial score (nSPS) is 19.1. The lowest BCUT2D eigenvalue weighted by Gasteiger charge is -2.30. The second-order valence-corrected chi connectivity index (χ2v) is 9.66. The molecule has 1 amide bonds. The number of halogens is 1. The van der Waals surface area contributed by atoms with Crippen LogP contribution in [-0.2, 0) is 14.8 Å². The molecule has 8 heteroatoms. The standard InChI is InChI=1S/C16H17BrN2O3S2/c17-13-5-7-14(8-6-13)18-16(20)12-3-1-9-19(11-12)24(21,22)15-4-2-10-23-15/h2,4-8,10,12H,1,3,9,11H2,(H,18,20)/t12-/m1/s1. The zero-order valence-corrected chi connectivity index (χ0v) is 16.0. The summed E-state index contributed by atoms with van der Waals surface area (Å²) in [4.78, 5) is 12.5. The third kappa shape index (κ3) is 3.88. The van der Waals surface area contributed by atoms with Crippen molar-refractivity contribution >= 4 is 48.9 Å². The Hall–Kier alpha value is -1.22. The summed E-state index contributed by atoms with van der Waals surface area (Å²) in [5, 5.41) is 4.61. The molecule has 0 saturated carbocycles. The largest absolute Gasteiger partial charge is 0.326 e. The van der Waals surface area contributed by atoms with Gasteiger partial charge in [0.1, 0.15) is 4.21 Å². The number of thiophene rings is 1. The highest BCUT2D eigenvalue weighted by atomic mass is 79.9. The van der Waals surface area contributed by atoms with Crippen LogP contribution in [0.5, 0.6) is 0 Å². The van der Waals surface area contributed by atoms with Crippen molar-refractivity contribution in [1.29, 1.82) is 0 Å². The average Bonchev–Trinajstić information content (AvgIpc) is 3.12. The first-order valence-electron chi connectivity index (χ1n) is 7.57. The van der Waals surface area contributed by atoms with E-state index in [4.69, 9.17) is 0 Å². The maximum atomic E-state index is 12.6. The Morgan fingerprint density at radius 3 is 2.67 bits per heavy atom. The minimum Gasteiger partial charge on any atom is -0.326 e. The maximum absolute atomic E-state index is 12.6. The van der Waals surface area contributed by atoms with Crippen LogP contribution in [0.4, 0.5) is 5.69 Å². The van der Waals surface area contributed by atoms with Gasteiger partial charge in [0.05, 0.1) is 5.92 Å². The average molecular weight is 429 g/mol. The molecule has 2 heterocycles. The van der Waals surface area contributed by atoms with Gasteiger partial charge in [0, 0.05) is 23.2 Å². The Balaban J connectivity index is 1.69. The van der Waals surface area contributed by atoms with Gasteiger partial charge >= 0.3 is 0 Å². The molecule has 2 aromatic rings. The van der Waals surface area contributed by atoms with Gasteiger partial charge in [-0.2, -0.15) is 4.31 Å². The van der Waals surface area contributed by atoms with Gasteiger partial charge in [-0.15, -0.1) is 11.3 Å². The van der Waals surface area contributed by atoms with E-state index in [-0.39, 0.29) is 18.4 Å². The number of benzene rings is 1. The Morgan fingerprint density at radius 1 is 1.25 bits per heavy atom. The Morgan fingerprint density at radius 2 is 2.00 bits per heavy atom. The van der Waals surface area contributed by atoms with E-state index >= 15 is 0 Å². The van der Waals surface area contributed by atoms with Crippen molar-refractivity contribution in [3.05, 3.63) is 46.3 Å². The summed E-state index contributed by atoms with van der Waals surface area (Å²) in [5.74, 6) is -0.472. The highest BCUT2D eigenvalue weighted by Gasteiger charge is 2.33. The van der Waals surface area contributed by atoms with Crippen molar-refractivity contribution in [2.45, 2.75) is 17.1 Å². The van der Waals surface area contributed by atoms with Gasteiger partial charge in [-0.05, 0) is 48.6 Å². The third-order valence-electron chi connectivity index (χ3n) is 3.96. The monoisotopic (exact) mass is 428 g/mol. The fourth-order valence-corrected chi connectivity index (χ4v) is 5.62. The molecule has 1 aromatic heterocycles. The zero-order valence-electron chi connectivity index (χ0n) is 12.8. The number of nitrogens with one attached hydrogen (secondary N) is 1. The topological polar surface area (TPSA) is 66.5 Å². The van der Waals surface area contributed by atoms with Gasteiger partial charge in [0.2, 0.25) is 5.91 Å². The SMILES string of the molecule is O=C(Nc1ccc(Br)cc1)[C@@H]1CCCN(S(=O)(=O)c2cccs2)C1. The van der Waals surface area contributed by atoms with Crippen molar-refractivity contribution in [1.82, 2.24) is 4.31 Å². The van der Waals surface area contributed by atoms with Crippen LogP contribution in [0.3, 0.4) is 0 Å². The van der Waals surface area contributed by atoms with Crippen molar-refractivity contribution in [3.8, 4) is 0 Å². The summed E-state index contributed by atoms with van der Waals surface area (Å²) in [6.07, 6.45) is 1.38. The van der Waals surface area contributed by atoms with Gasteiger partial charge in [-0.1, -0.05) is 22.0 Å². The summed E-state index contributed by atoms with van der Waals surface area (Å²) >= 11 is 4.55. The minimum atomic E-state index is -3.50. The molecule has 0 unspecified atom stereocenters. The number of carbonyl (C=O) groups is 1. The van der Waals surface area contributed by atoms with E-state index in [1.807, 2.05) is 24.3 Å². The van der Waals surface area contributed by atoms with E-state index in [0.29, 0.717) is 29.3 Å². The zero-order chi connectivity index (χ0) is 17.2. The lowest BCUT2D eigenvalue weighted by molar-refractivity contribution is -0.120. The van der Waals surface area contributed by atoms with Crippen LogP contribution in [0, 0.1) is 5.92 Å². The number of sulfonamides is 1. The van der Waals surface area contributed by atoms with Crippen LogP contribution in [-0.4, -0.2) is 31.7 Å². The van der Waals surface area contributed by atoms with Crippen molar-refractivity contribution in [2.75, 3.05) is 18.4 Å². The van der Waals surface area contributed by atoms with Crippen LogP contribution in [0.25, 0.3) is 0 Å². The molecule has 1 atom stereocenters. The molecule has 5 nitrogen and oxygen atoms in total. The molecule has 3 rings (SSSR count).